The molecular formula is C15H29N3O. The van der Waals surface area contributed by atoms with Crippen LogP contribution in [-0.4, -0.2) is 54.5 Å². The number of carbonyl (C=O) groups excluding carboxylic acids is 1. The van der Waals surface area contributed by atoms with Gasteiger partial charge in [0.15, 0.2) is 0 Å². The monoisotopic (exact) mass is 267 g/mol. The molecule has 0 aromatic carbocycles. The molecule has 2 rings (SSSR count). The van der Waals surface area contributed by atoms with Crippen LogP contribution in [0.1, 0.15) is 39.5 Å². The number of hydrogen-bond donors (Lipinski definition) is 1. The van der Waals surface area contributed by atoms with E-state index < -0.39 is 0 Å². The van der Waals surface area contributed by atoms with Gasteiger partial charge in [-0.2, -0.15) is 0 Å². The van der Waals surface area contributed by atoms with Gasteiger partial charge in [0.2, 0.25) is 5.91 Å². The van der Waals surface area contributed by atoms with E-state index in [9.17, 15) is 4.79 Å². The van der Waals surface area contributed by atoms with Crippen LogP contribution < -0.4 is 5.73 Å². The Morgan fingerprint density at radius 1 is 1.21 bits per heavy atom. The van der Waals surface area contributed by atoms with Gasteiger partial charge in [-0.3, -0.25) is 9.69 Å². The summed E-state index contributed by atoms with van der Waals surface area (Å²) in [5.74, 6) is 1.58. The molecule has 2 aliphatic rings. The Hall–Kier alpha value is -0.610. The lowest BCUT2D eigenvalue weighted by Gasteiger charge is -2.42. The summed E-state index contributed by atoms with van der Waals surface area (Å²) in [7, 11) is 0. The van der Waals surface area contributed by atoms with E-state index in [1.165, 1.54) is 25.7 Å². The fraction of sp³-hybridized carbons (Fsp3) is 0.933. The number of nitrogens with zero attached hydrogens (tertiary/aromatic N) is 2. The third-order valence-corrected chi connectivity index (χ3v) is 4.73. The molecule has 0 bridgehead atoms. The molecule has 2 saturated heterocycles. The highest BCUT2D eigenvalue weighted by molar-refractivity contribution is 5.78. The molecule has 0 aromatic heterocycles. The Kier molecular flexibility index (Phi) is 5.22. The summed E-state index contributed by atoms with van der Waals surface area (Å²) in [5, 5.41) is 0. The zero-order valence-corrected chi connectivity index (χ0v) is 12.5. The van der Waals surface area contributed by atoms with E-state index in [-0.39, 0.29) is 0 Å². The second-order valence-corrected chi connectivity index (χ2v) is 6.49. The minimum atomic E-state index is 0.305. The Balaban J connectivity index is 1.93. The molecular weight excluding hydrogens is 238 g/mol. The van der Waals surface area contributed by atoms with Gasteiger partial charge < -0.3 is 10.6 Å². The summed E-state index contributed by atoms with van der Waals surface area (Å²) in [5.41, 5.74) is 5.92. The highest BCUT2D eigenvalue weighted by Gasteiger charge is 2.32. The van der Waals surface area contributed by atoms with Crippen molar-refractivity contribution in [1.29, 1.82) is 0 Å². The zero-order chi connectivity index (χ0) is 13.8. The maximum Gasteiger partial charge on any atom is 0.236 e. The van der Waals surface area contributed by atoms with Crippen molar-refractivity contribution in [3.05, 3.63) is 0 Å². The first-order valence-electron chi connectivity index (χ1n) is 7.83. The topological polar surface area (TPSA) is 49.6 Å². The predicted molar refractivity (Wildman–Crippen MR) is 77.8 cm³/mol. The van der Waals surface area contributed by atoms with Crippen molar-refractivity contribution in [2.75, 3.05) is 32.7 Å². The molecule has 2 heterocycles. The van der Waals surface area contributed by atoms with E-state index >= 15 is 0 Å². The largest absolute Gasteiger partial charge is 0.342 e. The van der Waals surface area contributed by atoms with Crippen molar-refractivity contribution < 1.29 is 4.79 Å². The van der Waals surface area contributed by atoms with Gasteiger partial charge in [-0.15, -0.1) is 0 Å². The van der Waals surface area contributed by atoms with Gasteiger partial charge in [-0.25, -0.2) is 0 Å². The minimum absolute atomic E-state index is 0.305. The summed E-state index contributed by atoms with van der Waals surface area (Å²) in [6.45, 7) is 8.70. The van der Waals surface area contributed by atoms with Gasteiger partial charge in [0.05, 0.1) is 6.54 Å². The average molecular weight is 267 g/mol. The standard InChI is InChI=1S/C15H29N3O/c1-12-8-13(2)14(9-16)18(10-12)11-15(19)17-6-4-3-5-7-17/h12-14H,3-11,16H2,1-2H3. The molecule has 3 unspecified atom stereocenters. The van der Waals surface area contributed by atoms with E-state index in [4.69, 9.17) is 5.73 Å². The Labute approximate surface area is 117 Å². The van der Waals surface area contributed by atoms with Crippen LogP contribution in [0.4, 0.5) is 0 Å². The molecule has 0 radical (unpaired) electrons. The third-order valence-electron chi connectivity index (χ3n) is 4.73. The van der Waals surface area contributed by atoms with Gasteiger partial charge in [0.1, 0.15) is 0 Å². The first-order chi connectivity index (χ1) is 9.11. The van der Waals surface area contributed by atoms with Crippen molar-refractivity contribution >= 4 is 5.91 Å². The van der Waals surface area contributed by atoms with Gasteiger partial charge in [-0.1, -0.05) is 13.8 Å². The number of amides is 1. The summed E-state index contributed by atoms with van der Waals surface area (Å²) < 4.78 is 0. The van der Waals surface area contributed by atoms with Crippen LogP contribution >= 0.6 is 0 Å². The lowest BCUT2D eigenvalue weighted by Crippen LogP contribution is -2.54. The quantitative estimate of drug-likeness (QED) is 0.838. The summed E-state index contributed by atoms with van der Waals surface area (Å²) in [6, 6.07) is 0.380. The average Bonchev–Trinajstić information content (AvgIpc) is 2.39. The summed E-state index contributed by atoms with van der Waals surface area (Å²) >= 11 is 0. The van der Waals surface area contributed by atoms with Crippen LogP contribution in [0.15, 0.2) is 0 Å². The van der Waals surface area contributed by atoms with Crippen LogP contribution in [0, 0.1) is 11.8 Å². The van der Waals surface area contributed by atoms with Crippen molar-refractivity contribution in [3.63, 3.8) is 0 Å². The molecule has 0 saturated carbocycles. The molecule has 2 N–H and O–H groups in total. The van der Waals surface area contributed by atoms with Crippen molar-refractivity contribution in [2.24, 2.45) is 17.6 Å². The molecule has 110 valence electrons. The number of rotatable bonds is 3. The van der Waals surface area contributed by atoms with E-state index in [1.807, 2.05) is 4.90 Å². The van der Waals surface area contributed by atoms with E-state index in [2.05, 4.69) is 18.7 Å². The summed E-state index contributed by atoms with van der Waals surface area (Å²) in [6.07, 6.45) is 4.83. The lowest BCUT2D eigenvalue weighted by atomic mass is 9.85. The summed E-state index contributed by atoms with van der Waals surface area (Å²) in [4.78, 5) is 16.8. The molecule has 19 heavy (non-hydrogen) atoms. The molecule has 4 nitrogen and oxygen atoms in total. The molecule has 2 aliphatic heterocycles. The van der Waals surface area contributed by atoms with Crippen LogP contribution in [0.3, 0.4) is 0 Å². The highest BCUT2D eigenvalue weighted by atomic mass is 16.2. The Morgan fingerprint density at radius 3 is 2.53 bits per heavy atom. The Morgan fingerprint density at radius 2 is 1.89 bits per heavy atom. The van der Waals surface area contributed by atoms with Gasteiger partial charge in [-0.05, 0) is 37.5 Å². The zero-order valence-electron chi connectivity index (χ0n) is 12.5. The minimum Gasteiger partial charge on any atom is -0.342 e. The van der Waals surface area contributed by atoms with E-state index in [1.54, 1.807) is 0 Å². The third kappa shape index (κ3) is 3.69. The predicted octanol–water partition coefficient (Wildman–Crippen LogP) is 1.30. The van der Waals surface area contributed by atoms with Gasteiger partial charge in [0, 0.05) is 32.2 Å². The molecule has 0 aliphatic carbocycles. The van der Waals surface area contributed by atoms with Crippen molar-refractivity contribution in [2.45, 2.75) is 45.6 Å². The van der Waals surface area contributed by atoms with Crippen LogP contribution in [0.25, 0.3) is 0 Å². The van der Waals surface area contributed by atoms with E-state index in [0.29, 0.717) is 36.9 Å². The highest BCUT2D eigenvalue weighted by Crippen LogP contribution is 2.26. The maximum absolute atomic E-state index is 12.4. The number of hydrogen-bond acceptors (Lipinski definition) is 3. The Bertz CT molecular complexity index is 302. The van der Waals surface area contributed by atoms with Crippen molar-refractivity contribution in [3.8, 4) is 0 Å². The van der Waals surface area contributed by atoms with Crippen LogP contribution in [0.2, 0.25) is 0 Å². The fourth-order valence-electron chi connectivity index (χ4n) is 3.74. The molecule has 2 fully saturated rings. The molecule has 0 spiro atoms. The number of nitrogens with two attached hydrogens (primary N) is 1. The molecule has 4 heteroatoms. The second kappa shape index (κ2) is 6.71. The number of piperidine rings is 2. The maximum atomic E-state index is 12.4. The number of carbonyl (C=O) groups is 1. The first kappa shape index (κ1) is 14.8. The smallest absolute Gasteiger partial charge is 0.236 e. The SMILES string of the molecule is CC1CC(C)C(CN)N(CC(=O)N2CCCCC2)C1. The van der Waals surface area contributed by atoms with Crippen molar-refractivity contribution in [1.82, 2.24) is 9.80 Å². The molecule has 3 atom stereocenters. The van der Waals surface area contributed by atoms with Crippen LogP contribution in [-0.2, 0) is 4.79 Å². The van der Waals surface area contributed by atoms with E-state index in [0.717, 1.165) is 19.6 Å². The second-order valence-electron chi connectivity index (χ2n) is 6.49. The van der Waals surface area contributed by atoms with Gasteiger partial charge >= 0.3 is 0 Å². The fourth-order valence-corrected chi connectivity index (χ4v) is 3.74. The normalized spacial score (nSPS) is 33.4. The van der Waals surface area contributed by atoms with Crippen LogP contribution in [0.5, 0.6) is 0 Å². The molecule has 0 aromatic rings. The number of likely N-dealkylation sites (tertiary alicyclic amines) is 2. The molecule has 1 amide bonds. The lowest BCUT2D eigenvalue weighted by molar-refractivity contribution is -0.134. The van der Waals surface area contributed by atoms with Gasteiger partial charge in [0.25, 0.3) is 0 Å². The first-order valence-corrected chi connectivity index (χ1v) is 7.83.